The van der Waals surface area contributed by atoms with Crippen molar-refractivity contribution >= 4 is 0 Å². The molecule has 0 bridgehead atoms. The van der Waals surface area contributed by atoms with Crippen LogP contribution >= 0.6 is 0 Å². The Kier molecular flexibility index (Phi) is 2.80. The van der Waals surface area contributed by atoms with Gasteiger partial charge in [-0.2, -0.15) is 0 Å². The first-order valence-corrected chi connectivity index (χ1v) is 5.82. The maximum absolute atomic E-state index is 5.79. The van der Waals surface area contributed by atoms with Crippen LogP contribution in [0.3, 0.4) is 0 Å². The van der Waals surface area contributed by atoms with Crippen LogP contribution in [-0.2, 0) is 4.74 Å². The first-order valence-electron chi connectivity index (χ1n) is 5.82. The topological polar surface area (TPSA) is 21.8 Å². The van der Waals surface area contributed by atoms with Gasteiger partial charge in [0.1, 0.15) is 18.5 Å². The molecule has 1 heterocycles. The van der Waals surface area contributed by atoms with Crippen molar-refractivity contribution in [3.8, 4) is 16.9 Å². The van der Waals surface area contributed by atoms with Crippen molar-refractivity contribution in [3.05, 3.63) is 54.6 Å². The number of benzene rings is 2. The van der Waals surface area contributed by atoms with Crippen molar-refractivity contribution in [2.75, 3.05) is 13.2 Å². The van der Waals surface area contributed by atoms with E-state index in [0.717, 1.165) is 17.9 Å². The maximum Gasteiger partial charge on any atom is 0.127 e. The van der Waals surface area contributed by atoms with E-state index in [4.69, 9.17) is 9.47 Å². The van der Waals surface area contributed by atoms with Crippen molar-refractivity contribution in [1.82, 2.24) is 0 Å². The molecule has 0 saturated carbocycles. The molecule has 0 amide bonds. The molecule has 1 aliphatic heterocycles. The lowest BCUT2D eigenvalue weighted by Gasteiger charge is -2.10. The molecule has 86 valence electrons. The molecular formula is C15H14O2. The van der Waals surface area contributed by atoms with Gasteiger partial charge in [-0.15, -0.1) is 0 Å². The molecule has 0 aromatic heterocycles. The largest absolute Gasteiger partial charge is 0.490 e. The van der Waals surface area contributed by atoms with Crippen LogP contribution in [0.1, 0.15) is 0 Å². The molecule has 1 saturated heterocycles. The van der Waals surface area contributed by atoms with Gasteiger partial charge in [-0.3, -0.25) is 0 Å². The van der Waals surface area contributed by atoms with Gasteiger partial charge in [-0.25, -0.2) is 0 Å². The van der Waals surface area contributed by atoms with Gasteiger partial charge in [0.25, 0.3) is 0 Å². The van der Waals surface area contributed by atoms with Crippen LogP contribution in [-0.4, -0.2) is 19.3 Å². The summed E-state index contributed by atoms with van der Waals surface area (Å²) >= 11 is 0. The van der Waals surface area contributed by atoms with Gasteiger partial charge < -0.3 is 9.47 Å². The summed E-state index contributed by atoms with van der Waals surface area (Å²) < 4.78 is 10.9. The minimum Gasteiger partial charge on any atom is -0.490 e. The molecule has 2 aromatic carbocycles. The molecule has 0 aliphatic carbocycles. The summed E-state index contributed by atoms with van der Waals surface area (Å²) in [7, 11) is 0. The second-order valence-electron chi connectivity index (χ2n) is 4.13. The van der Waals surface area contributed by atoms with Gasteiger partial charge in [0.2, 0.25) is 0 Å². The van der Waals surface area contributed by atoms with Crippen molar-refractivity contribution in [2.45, 2.75) is 6.10 Å². The quantitative estimate of drug-likeness (QED) is 0.747. The zero-order chi connectivity index (χ0) is 11.5. The highest BCUT2D eigenvalue weighted by molar-refractivity contribution is 5.70. The Bertz CT molecular complexity index is 489. The molecule has 0 unspecified atom stereocenters. The van der Waals surface area contributed by atoms with Gasteiger partial charge >= 0.3 is 0 Å². The lowest BCUT2D eigenvalue weighted by Crippen LogP contribution is -2.04. The van der Waals surface area contributed by atoms with Gasteiger partial charge in [0.15, 0.2) is 0 Å². The first-order chi connectivity index (χ1) is 8.43. The summed E-state index contributed by atoms with van der Waals surface area (Å²) in [5.41, 5.74) is 2.31. The molecule has 2 heteroatoms. The van der Waals surface area contributed by atoms with Gasteiger partial charge in [-0.1, -0.05) is 48.5 Å². The molecule has 0 radical (unpaired) electrons. The smallest absolute Gasteiger partial charge is 0.127 e. The Morgan fingerprint density at radius 1 is 1.00 bits per heavy atom. The number of para-hydroxylation sites is 1. The standard InChI is InChI=1S/C15H14O2/c1-2-6-12(7-3-1)14-8-4-5-9-15(14)17-11-13-10-16-13/h1-9,13H,10-11H2/t13-/m1/s1. The van der Waals surface area contributed by atoms with E-state index in [1.807, 2.05) is 36.4 Å². The van der Waals surface area contributed by atoms with Crippen LogP contribution in [0.2, 0.25) is 0 Å². The molecule has 1 atom stereocenters. The van der Waals surface area contributed by atoms with Crippen LogP contribution in [0.15, 0.2) is 54.6 Å². The minimum atomic E-state index is 0.291. The average Bonchev–Trinajstić information content (AvgIpc) is 3.22. The highest BCUT2D eigenvalue weighted by atomic mass is 16.6. The van der Waals surface area contributed by atoms with Crippen LogP contribution in [0.4, 0.5) is 0 Å². The lowest BCUT2D eigenvalue weighted by molar-refractivity contribution is 0.264. The third kappa shape index (κ3) is 2.48. The molecule has 2 nitrogen and oxygen atoms in total. The fraction of sp³-hybridized carbons (Fsp3) is 0.200. The third-order valence-corrected chi connectivity index (χ3v) is 2.80. The summed E-state index contributed by atoms with van der Waals surface area (Å²) in [6, 6.07) is 18.4. The highest BCUT2D eigenvalue weighted by Crippen LogP contribution is 2.30. The molecule has 2 aromatic rings. The van der Waals surface area contributed by atoms with Crippen molar-refractivity contribution in [3.63, 3.8) is 0 Å². The van der Waals surface area contributed by atoms with E-state index in [1.165, 1.54) is 5.56 Å². The fourth-order valence-corrected chi connectivity index (χ4v) is 1.80. The van der Waals surface area contributed by atoms with E-state index in [1.54, 1.807) is 0 Å². The summed E-state index contributed by atoms with van der Waals surface area (Å²) in [4.78, 5) is 0. The predicted octanol–water partition coefficient (Wildman–Crippen LogP) is 3.13. The van der Waals surface area contributed by atoms with Crippen LogP contribution in [0.25, 0.3) is 11.1 Å². The fourth-order valence-electron chi connectivity index (χ4n) is 1.80. The molecule has 3 rings (SSSR count). The summed E-state index contributed by atoms with van der Waals surface area (Å²) in [5.74, 6) is 0.925. The van der Waals surface area contributed by atoms with E-state index in [9.17, 15) is 0 Å². The first kappa shape index (κ1) is 10.4. The second-order valence-corrected chi connectivity index (χ2v) is 4.13. The van der Waals surface area contributed by atoms with Crippen molar-refractivity contribution in [1.29, 1.82) is 0 Å². The minimum absolute atomic E-state index is 0.291. The van der Waals surface area contributed by atoms with Gasteiger partial charge in [0.05, 0.1) is 6.61 Å². The van der Waals surface area contributed by atoms with Crippen molar-refractivity contribution in [2.24, 2.45) is 0 Å². The van der Waals surface area contributed by atoms with E-state index in [2.05, 4.69) is 18.2 Å². The molecule has 0 N–H and O–H groups in total. The van der Waals surface area contributed by atoms with Crippen LogP contribution in [0, 0.1) is 0 Å². The monoisotopic (exact) mass is 226 g/mol. The summed E-state index contributed by atoms with van der Waals surface area (Å²) in [6.45, 7) is 1.47. The Balaban J connectivity index is 1.87. The normalized spacial score (nSPS) is 17.8. The molecule has 0 spiro atoms. The summed E-state index contributed by atoms with van der Waals surface area (Å²) in [5, 5.41) is 0. The van der Waals surface area contributed by atoms with Crippen LogP contribution < -0.4 is 4.74 Å². The number of hydrogen-bond acceptors (Lipinski definition) is 2. The Labute approximate surface area is 101 Å². The van der Waals surface area contributed by atoms with Gasteiger partial charge in [0, 0.05) is 5.56 Å². The Hall–Kier alpha value is -1.80. The number of ether oxygens (including phenoxy) is 2. The number of rotatable bonds is 4. The van der Waals surface area contributed by atoms with E-state index >= 15 is 0 Å². The highest BCUT2D eigenvalue weighted by Gasteiger charge is 2.23. The lowest BCUT2D eigenvalue weighted by atomic mass is 10.1. The molecule has 17 heavy (non-hydrogen) atoms. The zero-order valence-corrected chi connectivity index (χ0v) is 9.50. The zero-order valence-electron chi connectivity index (χ0n) is 9.50. The van der Waals surface area contributed by atoms with Crippen LogP contribution in [0.5, 0.6) is 5.75 Å². The maximum atomic E-state index is 5.79. The van der Waals surface area contributed by atoms with E-state index in [0.29, 0.717) is 12.7 Å². The second kappa shape index (κ2) is 4.60. The Morgan fingerprint density at radius 2 is 1.71 bits per heavy atom. The summed E-state index contributed by atoms with van der Waals surface area (Å²) in [6.07, 6.45) is 0.291. The Morgan fingerprint density at radius 3 is 2.47 bits per heavy atom. The van der Waals surface area contributed by atoms with Crippen molar-refractivity contribution < 1.29 is 9.47 Å². The predicted molar refractivity (Wildman–Crippen MR) is 67.1 cm³/mol. The van der Waals surface area contributed by atoms with Gasteiger partial charge in [-0.05, 0) is 11.6 Å². The molecular weight excluding hydrogens is 212 g/mol. The molecule has 1 aliphatic rings. The third-order valence-electron chi connectivity index (χ3n) is 2.80. The SMILES string of the molecule is c1ccc(-c2ccccc2OC[C@H]2CO2)cc1. The number of epoxide rings is 1. The molecule has 1 fully saturated rings. The van der Waals surface area contributed by atoms with E-state index < -0.39 is 0 Å². The average molecular weight is 226 g/mol. The number of hydrogen-bond donors (Lipinski definition) is 0. The van der Waals surface area contributed by atoms with E-state index in [-0.39, 0.29) is 0 Å².